The van der Waals surface area contributed by atoms with E-state index < -0.39 is 10.0 Å². The lowest BCUT2D eigenvalue weighted by atomic mass is 9.97. The fourth-order valence-electron chi connectivity index (χ4n) is 4.63. The van der Waals surface area contributed by atoms with Gasteiger partial charge in [-0.2, -0.15) is 9.29 Å². The van der Waals surface area contributed by atoms with Gasteiger partial charge in [-0.15, -0.1) is 0 Å². The lowest BCUT2D eigenvalue weighted by Gasteiger charge is -2.30. The van der Waals surface area contributed by atoms with Gasteiger partial charge in [-0.3, -0.25) is 9.69 Å². The highest BCUT2D eigenvalue weighted by molar-refractivity contribution is 7.89. The molecule has 3 heterocycles. The standard InChI is InChI=1S/C26H31N5O5S/c1-19-4-6-20(7-5-19)25-28-24(36-29-25)18-30-12-2-3-21(17-30)26(32)27-22-8-10-23(11-9-22)37(33,34)31-13-15-35-16-14-31/h4-11,21H,2-3,12-18H2,1H3,(H,27,32). The summed E-state index contributed by atoms with van der Waals surface area (Å²) in [6.07, 6.45) is 1.66. The van der Waals surface area contributed by atoms with Crippen LogP contribution < -0.4 is 5.32 Å². The fourth-order valence-corrected chi connectivity index (χ4v) is 6.04. The zero-order valence-electron chi connectivity index (χ0n) is 20.8. The van der Waals surface area contributed by atoms with Crippen molar-refractivity contribution in [3.8, 4) is 11.4 Å². The van der Waals surface area contributed by atoms with E-state index in [2.05, 4.69) is 20.4 Å². The molecule has 1 aromatic heterocycles. The van der Waals surface area contributed by atoms with E-state index in [1.165, 1.54) is 22.0 Å². The molecule has 1 amide bonds. The Balaban J connectivity index is 1.16. The van der Waals surface area contributed by atoms with Crippen LogP contribution in [0.3, 0.4) is 0 Å². The van der Waals surface area contributed by atoms with Crippen molar-refractivity contribution < 1.29 is 22.5 Å². The Labute approximate surface area is 216 Å². The van der Waals surface area contributed by atoms with Gasteiger partial charge in [0.25, 0.3) is 0 Å². The first kappa shape index (κ1) is 25.5. The molecule has 11 heteroatoms. The van der Waals surface area contributed by atoms with Crippen LogP contribution in [0.1, 0.15) is 24.3 Å². The van der Waals surface area contributed by atoms with Gasteiger partial charge in [0.1, 0.15) is 0 Å². The summed E-state index contributed by atoms with van der Waals surface area (Å²) < 4.78 is 37.8. The van der Waals surface area contributed by atoms with Crippen LogP contribution in [-0.4, -0.2) is 73.1 Å². The maximum absolute atomic E-state index is 13.0. The van der Waals surface area contributed by atoms with Gasteiger partial charge < -0.3 is 14.6 Å². The number of rotatable bonds is 7. The normalized spacial score (nSPS) is 19.5. The minimum Gasteiger partial charge on any atom is -0.379 e. The Bertz CT molecular complexity index is 1320. The third kappa shape index (κ3) is 6.07. The summed E-state index contributed by atoms with van der Waals surface area (Å²) in [4.78, 5) is 19.9. The minimum absolute atomic E-state index is 0.0839. The molecule has 5 rings (SSSR count). The van der Waals surface area contributed by atoms with E-state index in [0.717, 1.165) is 24.9 Å². The van der Waals surface area contributed by atoms with Crippen LogP contribution in [0.25, 0.3) is 11.4 Å². The highest BCUT2D eigenvalue weighted by atomic mass is 32.2. The van der Waals surface area contributed by atoms with Gasteiger partial charge in [-0.1, -0.05) is 35.0 Å². The molecular weight excluding hydrogens is 494 g/mol. The van der Waals surface area contributed by atoms with Crippen LogP contribution in [0.5, 0.6) is 0 Å². The van der Waals surface area contributed by atoms with Gasteiger partial charge in [0.2, 0.25) is 27.6 Å². The minimum atomic E-state index is -3.57. The summed E-state index contributed by atoms with van der Waals surface area (Å²) in [7, 11) is -3.57. The van der Waals surface area contributed by atoms with Crippen molar-refractivity contribution in [2.75, 3.05) is 44.7 Å². The Hall–Kier alpha value is -3.12. The number of piperidine rings is 1. The molecule has 1 N–H and O–H groups in total. The van der Waals surface area contributed by atoms with Crippen LogP contribution >= 0.6 is 0 Å². The predicted molar refractivity (Wildman–Crippen MR) is 137 cm³/mol. The molecule has 0 saturated carbocycles. The molecule has 2 aromatic carbocycles. The predicted octanol–water partition coefficient (Wildman–Crippen LogP) is 2.92. The summed E-state index contributed by atoms with van der Waals surface area (Å²) in [6.45, 7) is 5.42. The van der Waals surface area contributed by atoms with Gasteiger partial charge in [-0.05, 0) is 50.6 Å². The number of hydrogen-bond donors (Lipinski definition) is 1. The van der Waals surface area contributed by atoms with E-state index in [1.54, 1.807) is 12.1 Å². The Morgan fingerprint density at radius 3 is 2.51 bits per heavy atom. The van der Waals surface area contributed by atoms with Crippen molar-refractivity contribution in [2.24, 2.45) is 5.92 Å². The van der Waals surface area contributed by atoms with Gasteiger partial charge in [0.05, 0.1) is 30.6 Å². The van der Waals surface area contributed by atoms with Crippen LogP contribution in [0.4, 0.5) is 5.69 Å². The number of carbonyl (C=O) groups excluding carboxylic acids is 1. The molecule has 10 nitrogen and oxygen atoms in total. The zero-order valence-corrected chi connectivity index (χ0v) is 21.6. The third-order valence-electron chi connectivity index (χ3n) is 6.74. The average Bonchev–Trinajstić information content (AvgIpc) is 3.38. The molecule has 1 unspecified atom stereocenters. The van der Waals surface area contributed by atoms with Crippen molar-refractivity contribution in [3.05, 3.63) is 60.0 Å². The maximum atomic E-state index is 13.0. The first-order valence-corrected chi connectivity index (χ1v) is 13.9. The molecule has 2 saturated heterocycles. The number of carbonyl (C=O) groups is 1. The largest absolute Gasteiger partial charge is 0.379 e. The molecule has 196 valence electrons. The molecular formula is C26H31N5O5S. The summed E-state index contributed by atoms with van der Waals surface area (Å²) in [5, 5.41) is 7.04. The number of anilines is 1. The van der Waals surface area contributed by atoms with Gasteiger partial charge in [0, 0.05) is 30.9 Å². The number of nitrogens with one attached hydrogen (secondary N) is 1. The molecule has 0 spiro atoms. The van der Waals surface area contributed by atoms with Crippen molar-refractivity contribution in [2.45, 2.75) is 31.2 Å². The first-order valence-electron chi connectivity index (χ1n) is 12.5. The number of nitrogens with zero attached hydrogens (tertiary/aromatic N) is 4. The van der Waals surface area contributed by atoms with Gasteiger partial charge in [-0.25, -0.2) is 8.42 Å². The van der Waals surface area contributed by atoms with E-state index in [0.29, 0.717) is 56.8 Å². The molecule has 0 aliphatic carbocycles. The fraction of sp³-hybridized carbons (Fsp3) is 0.423. The number of likely N-dealkylation sites (tertiary alicyclic amines) is 1. The van der Waals surface area contributed by atoms with E-state index in [-0.39, 0.29) is 16.7 Å². The second-order valence-electron chi connectivity index (χ2n) is 9.48. The van der Waals surface area contributed by atoms with Crippen LogP contribution in [0.2, 0.25) is 0 Å². The van der Waals surface area contributed by atoms with Crippen molar-refractivity contribution in [3.63, 3.8) is 0 Å². The second kappa shape index (κ2) is 11.1. The molecule has 0 bridgehead atoms. The summed E-state index contributed by atoms with van der Waals surface area (Å²) in [6, 6.07) is 14.3. The highest BCUT2D eigenvalue weighted by Gasteiger charge is 2.28. The van der Waals surface area contributed by atoms with Gasteiger partial charge in [0.15, 0.2) is 0 Å². The van der Waals surface area contributed by atoms with Crippen molar-refractivity contribution in [1.29, 1.82) is 0 Å². The molecule has 2 aliphatic rings. The number of aryl methyl sites for hydroxylation is 1. The Kier molecular flexibility index (Phi) is 7.65. The smallest absolute Gasteiger partial charge is 0.243 e. The number of ether oxygens (including phenoxy) is 1. The monoisotopic (exact) mass is 525 g/mol. The molecule has 37 heavy (non-hydrogen) atoms. The Morgan fingerprint density at radius 1 is 1.05 bits per heavy atom. The number of morpholine rings is 1. The summed E-state index contributed by atoms with van der Waals surface area (Å²) in [5.41, 5.74) is 2.64. The van der Waals surface area contributed by atoms with Crippen molar-refractivity contribution in [1.82, 2.24) is 19.3 Å². The second-order valence-corrected chi connectivity index (χ2v) is 11.4. The van der Waals surface area contributed by atoms with E-state index in [9.17, 15) is 13.2 Å². The average molecular weight is 526 g/mol. The van der Waals surface area contributed by atoms with Crippen LogP contribution in [-0.2, 0) is 26.1 Å². The molecule has 3 aromatic rings. The van der Waals surface area contributed by atoms with E-state index in [1.807, 2.05) is 31.2 Å². The number of benzene rings is 2. The lowest BCUT2D eigenvalue weighted by Crippen LogP contribution is -2.40. The molecule has 1 atom stereocenters. The molecule has 0 radical (unpaired) electrons. The lowest BCUT2D eigenvalue weighted by molar-refractivity contribution is -0.121. The number of aromatic nitrogens is 2. The van der Waals surface area contributed by atoms with E-state index in [4.69, 9.17) is 9.26 Å². The molecule has 2 fully saturated rings. The first-order chi connectivity index (χ1) is 17.9. The topological polar surface area (TPSA) is 118 Å². The SMILES string of the molecule is Cc1ccc(-c2noc(CN3CCCC(C(=O)Nc4ccc(S(=O)(=O)N5CCOCC5)cc4)C3)n2)cc1. The summed E-state index contributed by atoms with van der Waals surface area (Å²) in [5.74, 6) is 0.804. The summed E-state index contributed by atoms with van der Waals surface area (Å²) >= 11 is 0. The number of hydrogen-bond acceptors (Lipinski definition) is 8. The number of amides is 1. The Morgan fingerprint density at radius 2 is 1.78 bits per heavy atom. The van der Waals surface area contributed by atoms with Gasteiger partial charge >= 0.3 is 0 Å². The highest BCUT2D eigenvalue weighted by Crippen LogP contribution is 2.23. The quantitative estimate of drug-likeness (QED) is 0.500. The maximum Gasteiger partial charge on any atom is 0.243 e. The zero-order chi connectivity index (χ0) is 25.8. The number of sulfonamides is 1. The van der Waals surface area contributed by atoms with Crippen LogP contribution in [0.15, 0.2) is 57.9 Å². The van der Waals surface area contributed by atoms with E-state index >= 15 is 0 Å². The molecule has 2 aliphatic heterocycles. The van der Waals surface area contributed by atoms with Crippen LogP contribution in [0, 0.1) is 12.8 Å². The third-order valence-corrected chi connectivity index (χ3v) is 8.66. The van der Waals surface area contributed by atoms with Crippen molar-refractivity contribution >= 4 is 21.6 Å².